The number of carbonyl (C=O) groups excluding carboxylic acids is 2. The summed E-state index contributed by atoms with van der Waals surface area (Å²) in [5.74, 6) is 0.511. The Morgan fingerprint density at radius 1 is 0.927 bits per heavy atom. The van der Waals surface area contributed by atoms with Crippen LogP contribution in [-0.2, 0) is 24.3 Å². The second kappa shape index (κ2) is 13.4. The Hall–Kier alpha value is -4.30. The van der Waals surface area contributed by atoms with Crippen LogP contribution >= 0.6 is 0 Å². The minimum atomic E-state index is -0.179. The molecule has 0 saturated carbocycles. The van der Waals surface area contributed by atoms with Gasteiger partial charge in [0.15, 0.2) is 5.69 Å². The highest BCUT2D eigenvalue weighted by Gasteiger charge is 2.25. The normalized spacial score (nSPS) is 14.8. The van der Waals surface area contributed by atoms with Crippen molar-refractivity contribution in [3.8, 4) is 11.1 Å². The zero-order valence-electron chi connectivity index (χ0n) is 23.8. The van der Waals surface area contributed by atoms with E-state index in [1.807, 2.05) is 58.5 Å². The zero-order valence-corrected chi connectivity index (χ0v) is 23.8. The quantitative estimate of drug-likeness (QED) is 0.311. The molecule has 0 bridgehead atoms. The van der Waals surface area contributed by atoms with Gasteiger partial charge < -0.3 is 14.3 Å². The van der Waals surface area contributed by atoms with E-state index in [4.69, 9.17) is 4.52 Å². The highest BCUT2D eigenvalue weighted by Crippen LogP contribution is 2.30. The van der Waals surface area contributed by atoms with E-state index >= 15 is 0 Å². The van der Waals surface area contributed by atoms with E-state index in [9.17, 15) is 9.59 Å². The van der Waals surface area contributed by atoms with Gasteiger partial charge >= 0.3 is 0 Å². The molecule has 2 aromatic carbocycles. The van der Waals surface area contributed by atoms with E-state index in [2.05, 4.69) is 40.2 Å². The average molecular weight is 552 g/mol. The van der Waals surface area contributed by atoms with E-state index < -0.39 is 0 Å². The Labute approximate surface area is 241 Å². The summed E-state index contributed by atoms with van der Waals surface area (Å²) in [6.07, 6.45) is 6.03. The Balaban J connectivity index is 1.52. The largest absolute Gasteiger partial charge is 0.361 e. The number of hydrogen-bond acceptors (Lipinski definition) is 6. The molecular weight excluding hydrogens is 514 g/mol. The molecule has 0 N–H and O–H groups in total. The number of aryl methyl sites for hydroxylation is 1. The van der Waals surface area contributed by atoms with Crippen molar-refractivity contribution in [1.29, 1.82) is 0 Å². The summed E-state index contributed by atoms with van der Waals surface area (Å²) in [6.45, 7) is 7.37. The first-order valence-corrected chi connectivity index (χ1v) is 14.3. The highest BCUT2D eigenvalue weighted by atomic mass is 16.5. The molecule has 1 aliphatic heterocycles. The van der Waals surface area contributed by atoms with Crippen LogP contribution in [0.15, 0.2) is 83.6 Å². The SMILES string of the molecule is CCCc1cc(C(=O)N2CCN(Cc3ccccc3)CCCN(C(C)=O)c3ccc(-c4cccnc4)cc3C2)no1. The number of anilines is 1. The van der Waals surface area contributed by atoms with Gasteiger partial charge in [-0.05, 0) is 53.3 Å². The van der Waals surface area contributed by atoms with Gasteiger partial charge in [-0.1, -0.05) is 54.5 Å². The first-order valence-electron chi connectivity index (χ1n) is 14.3. The molecule has 5 rings (SSSR count). The van der Waals surface area contributed by atoms with Gasteiger partial charge in [0.1, 0.15) is 5.76 Å². The van der Waals surface area contributed by atoms with Crippen molar-refractivity contribution < 1.29 is 14.1 Å². The number of benzene rings is 2. The third-order valence-corrected chi connectivity index (χ3v) is 7.46. The Morgan fingerprint density at radius 3 is 2.54 bits per heavy atom. The summed E-state index contributed by atoms with van der Waals surface area (Å²) in [7, 11) is 0. The number of carbonyl (C=O) groups is 2. The third kappa shape index (κ3) is 7.08. The minimum absolute atomic E-state index is 0.0205. The van der Waals surface area contributed by atoms with Gasteiger partial charge in [0.05, 0.1) is 0 Å². The smallest absolute Gasteiger partial charge is 0.276 e. The fraction of sp³-hybridized carbons (Fsp3) is 0.333. The first kappa shape index (κ1) is 28.2. The minimum Gasteiger partial charge on any atom is -0.361 e. The van der Waals surface area contributed by atoms with Crippen LogP contribution in [0, 0.1) is 0 Å². The lowest BCUT2D eigenvalue weighted by atomic mass is 10.0. The van der Waals surface area contributed by atoms with Crippen molar-refractivity contribution in [3.63, 3.8) is 0 Å². The number of amides is 2. The number of aromatic nitrogens is 2. The molecule has 0 fully saturated rings. The van der Waals surface area contributed by atoms with Crippen LogP contribution in [0.4, 0.5) is 5.69 Å². The van der Waals surface area contributed by atoms with Gasteiger partial charge in [-0.3, -0.25) is 19.5 Å². The molecule has 0 atom stereocenters. The van der Waals surface area contributed by atoms with Gasteiger partial charge in [-0.15, -0.1) is 0 Å². The maximum atomic E-state index is 13.9. The molecule has 3 heterocycles. The van der Waals surface area contributed by atoms with Crippen LogP contribution in [0.1, 0.15) is 54.1 Å². The molecule has 212 valence electrons. The van der Waals surface area contributed by atoms with Gasteiger partial charge in [0.25, 0.3) is 5.91 Å². The van der Waals surface area contributed by atoms with Crippen molar-refractivity contribution >= 4 is 17.5 Å². The lowest BCUT2D eigenvalue weighted by molar-refractivity contribution is -0.116. The van der Waals surface area contributed by atoms with Crippen molar-refractivity contribution in [3.05, 3.63) is 102 Å². The molecular formula is C33H37N5O3. The summed E-state index contributed by atoms with van der Waals surface area (Å²) >= 11 is 0. The molecule has 0 spiro atoms. The number of rotatable bonds is 6. The lowest BCUT2D eigenvalue weighted by Crippen LogP contribution is -2.38. The maximum Gasteiger partial charge on any atom is 0.276 e. The first-order chi connectivity index (χ1) is 20.0. The molecule has 8 heteroatoms. The van der Waals surface area contributed by atoms with Crippen molar-refractivity contribution in [2.24, 2.45) is 0 Å². The fourth-order valence-electron chi connectivity index (χ4n) is 5.36. The monoisotopic (exact) mass is 551 g/mol. The van der Waals surface area contributed by atoms with Crippen LogP contribution < -0.4 is 4.90 Å². The van der Waals surface area contributed by atoms with Crippen LogP contribution in [0.25, 0.3) is 11.1 Å². The van der Waals surface area contributed by atoms with Gasteiger partial charge in [-0.2, -0.15) is 0 Å². The average Bonchev–Trinajstić information content (AvgIpc) is 3.45. The Kier molecular flexibility index (Phi) is 9.21. The van der Waals surface area contributed by atoms with Crippen LogP contribution in [0.3, 0.4) is 0 Å². The molecule has 0 aliphatic carbocycles. The summed E-state index contributed by atoms with van der Waals surface area (Å²) < 4.78 is 5.46. The Bertz CT molecular complexity index is 1450. The molecule has 0 unspecified atom stereocenters. The Morgan fingerprint density at radius 2 is 1.78 bits per heavy atom. The van der Waals surface area contributed by atoms with Gasteiger partial charge in [0, 0.05) is 76.8 Å². The number of hydrogen-bond donors (Lipinski definition) is 0. The summed E-state index contributed by atoms with van der Waals surface area (Å²) in [5, 5.41) is 4.12. The second-order valence-electron chi connectivity index (χ2n) is 10.5. The van der Waals surface area contributed by atoms with E-state index in [0.29, 0.717) is 37.6 Å². The van der Waals surface area contributed by atoms with Crippen molar-refractivity contribution in [1.82, 2.24) is 19.9 Å². The van der Waals surface area contributed by atoms with Crippen molar-refractivity contribution in [2.75, 3.05) is 31.1 Å². The number of pyridine rings is 1. The van der Waals surface area contributed by atoms with E-state index in [1.165, 1.54) is 5.56 Å². The maximum absolute atomic E-state index is 13.9. The predicted octanol–water partition coefficient (Wildman–Crippen LogP) is 5.59. The third-order valence-electron chi connectivity index (χ3n) is 7.46. The van der Waals surface area contributed by atoms with Gasteiger partial charge in [0.2, 0.25) is 5.91 Å². The van der Waals surface area contributed by atoms with Crippen molar-refractivity contribution in [2.45, 2.75) is 46.2 Å². The summed E-state index contributed by atoms with van der Waals surface area (Å²) in [6, 6.07) is 22.1. The molecule has 0 radical (unpaired) electrons. The lowest BCUT2D eigenvalue weighted by Gasteiger charge is -2.28. The zero-order chi connectivity index (χ0) is 28.6. The molecule has 4 aromatic rings. The highest BCUT2D eigenvalue weighted by molar-refractivity contribution is 5.94. The van der Waals surface area contributed by atoms with E-state index in [-0.39, 0.29) is 11.8 Å². The van der Waals surface area contributed by atoms with E-state index in [0.717, 1.165) is 54.7 Å². The molecule has 0 saturated heterocycles. The van der Waals surface area contributed by atoms with Crippen LogP contribution in [0.2, 0.25) is 0 Å². The van der Waals surface area contributed by atoms with Crippen LogP contribution in [-0.4, -0.2) is 57.9 Å². The molecule has 41 heavy (non-hydrogen) atoms. The molecule has 2 amide bonds. The van der Waals surface area contributed by atoms with Crippen LogP contribution in [0.5, 0.6) is 0 Å². The summed E-state index contributed by atoms with van der Waals surface area (Å²) in [4.78, 5) is 37.2. The standard InChI is InChI=1S/C33H37N5O3/c1-3-9-30-21-31(35-41-30)33(40)37-19-18-36(23-26-10-5-4-6-11-26)16-8-17-38(25(2)39)32-14-13-27(20-29(32)24-37)28-12-7-15-34-22-28/h4-7,10-15,20-22H,3,8-9,16-19,23-24H2,1-2H3. The number of fused-ring (bicyclic) bond motifs is 1. The fourth-order valence-corrected chi connectivity index (χ4v) is 5.36. The second-order valence-corrected chi connectivity index (χ2v) is 10.5. The number of nitrogens with zero attached hydrogens (tertiary/aromatic N) is 5. The van der Waals surface area contributed by atoms with E-state index in [1.54, 1.807) is 19.2 Å². The molecule has 2 aromatic heterocycles. The topological polar surface area (TPSA) is 82.8 Å². The molecule has 1 aliphatic rings. The molecule has 8 nitrogen and oxygen atoms in total. The summed E-state index contributed by atoms with van der Waals surface area (Å²) in [5.41, 5.74) is 5.22. The van der Waals surface area contributed by atoms with Gasteiger partial charge in [-0.25, -0.2) is 0 Å². The predicted molar refractivity (Wildman–Crippen MR) is 159 cm³/mol.